The number of aryl methyl sites for hydroxylation is 2. The number of nitrogens with two attached hydrogens (primary N) is 1. The summed E-state index contributed by atoms with van der Waals surface area (Å²) in [6.45, 7) is 3.36. The van der Waals surface area contributed by atoms with E-state index >= 15 is 0 Å². The average molecular weight is 275 g/mol. The second kappa shape index (κ2) is 5.90. The van der Waals surface area contributed by atoms with Gasteiger partial charge < -0.3 is 10.5 Å². The van der Waals surface area contributed by atoms with Gasteiger partial charge in [0.25, 0.3) is 0 Å². The zero-order chi connectivity index (χ0) is 14.6. The van der Waals surface area contributed by atoms with Crippen molar-refractivity contribution in [3.05, 3.63) is 22.9 Å². The predicted octanol–water partition coefficient (Wildman–Crippen LogP) is 2.70. The first-order valence-electron chi connectivity index (χ1n) is 5.73. The fourth-order valence-electron chi connectivity index (χ4n) is 1.68. The lowest BCUT2D eigenvalue weighted by Gasteiger charge is -2.13. The molecule has 106 valence electrons. The molecule has 1 aromatic heterocycles. The number of ether oxygens (including phenoxy) is 1. The first kappa shape index (κ1) is 15.3. The minimum absolute atomic E-state index is 0.115. The van der Waals surface area contributed by atoms with Crippen LogP contribution in [0.15, 0.2) is 6.07 Å². The topological polar surface area (TPSA) is 72.0 Å². The second-order valence-electron chi connectivity index (χ2n) is 4.24. The summed E-state index contributed by atoms with van der Waals surface area (Å²) in [5, 5.41) is 7.44. The molecule has 0 aromatic carbocycles. The second-order valence-corrected chi connectivity index (χ2v) is 4.24. The molecule has 1 heterocycles. The fourth-order valence-corrected chi connectivity index (χ4v) is 1.68. The molecule has 0 saturated heterocycles. The Morgan fingerprint density at radius 1 is 1.42 bits per heavy atom. The van der Waals surface area contributed by atoms with Crippen LogP contribution >= 0.6 is 0 Å². The van der Waals surface area contributed by atoms with Crippen LogP contribution in [0.5, 0.6) is 5.88 Å². The van der Waals surface area contributed by atoms with E-state index in [2.05, 4.69) is 4.98 Å². The van der Waals surface area contributed by atoms with E-state index in [4.69, 9.17) is 15.9 Å². The van der Waals surface area contributed by atoms with Crippen molar-refractivity contribution in [3.8, 4) is 5.88 Å². The van der Waals surface area contributed by atoms with Crippen LogP contribution in [0, 0.1) is 19.3 Å². The number of nitrogen functional groups attached to an aromatic ring is 1. The fraction of sp³-hybridized carbons (Fsp3) is 0.500. The lowest BCUT2D eigenvalue weighted by molar-refractivity contribution is -0.136. The van der Waals surface area contributed by atoms with Crippen LogP contribution in [-0.2, 0) is 0 Å². The number of alkyl halides is 3. The summed E-state index contributed by atoms with van der Waals surface area (Å²) in [6, 6.07) is 1.74. The molecule has 0 atom stereocenters. The number of rotatable bonds is 5. The summed E-state index contributed by atoms with van der Waals surface area (Å²) < 4.78 is 41.2. The van der Waals surface area contributed by atoms with E-state index in [1.165, 1.54) is 0 Å². The Labute approximate surface area is 109 Å². The quantitative estimate of drug-likeness (QED) is 0.493. The van der Waals surface area contributed by atoms with Crippen molar-refractivity contribution in [2.75, 3.05) is 6.61 Å². The number of nitrogens with one attached hydrogen (secondary N) is 1. The standard InChI is InChI=1S/C12H16F3N3O/c1-7-6-8(2)18-11(9(7)10(16)17)19-5-3-4-12(13,14)15/h6H,3-5H2,1-2H3,(H3,16,17). The van der Waals surface area contributed by atoms with Gasteiger partial charge in [-0.05, 0) is 31.9 Å². The van der Waals surface area contributed by atoms with Gasteiger partial charge in [-0.2, -0.15) is 13.2 Å². The third-order valence-electron chi connectivity index (χ3n) is 2.42. The van der Waals surface area contributed by atoms with Crippen LogP contribution < -0.4 is 10.5 Å². The van der Waals surface area contributed by atoms with Gasteiger partial charge in [0.1, 0.15) is 5.84 Å². The summed E-state index contributed by atoms with van der Waals surface area (Å²) in [6.07, 6.45) is -5.26. The minimum atomic E-state index is -4.19. The van der Waals surface area contributed by atoms with Crippen molar-refractivity contribution in [1.82, 2.24) is 4.98 Å². The van der Waals surface area contributed by atoms with Crippen molar-refractivity contribution >= 4 is 5.84 Å². The molecule has 7 heteroatoms. The monoisotopic (exact) mass is 275 g/mol. The number of hydrogen-bond donors (Lipinski definition) is 2. The molecule has 0 saturated carbocycles. The van der Waals surface area contributed by atoms with Crippen LogP contribution in [0.4, 0.5) is 13.2 Å². The van der Waals surface area contributed by atoms with E-state index in [0.717, 1.165) is 0 Å². The molecule has 0 aliphatic carbocycles. The minimum Gasteiger partial charge on any atom is -0.477 e. The van der Waals surface area contributed by atoms with Crippen molar-refractivity contribution in [2.24, 2.45) is 5.73 Å². The summed E-state index contributed by atoms with van der Waals surface area (Å²) >= 11 is 0. The van der Waals surface area contributed by atoms with Gasteiger partial charge >= 0.3 is 6.18 Å². The van der Waals surface area contributed by atoms with Gasteiger partial charge in [-0.15, -0.1) is 0 Å². The van der Waals surface area contributed by atoms with E-state index in [9.17, 15) is 13.2 Å². The highest BCUT2D eigenvalue weighted by molar-refractivity contribution is 5.98. The molecule has 0 spiro atoms. The van der Waals surface area contributed by atoms with E-state index in [0.29, 0.717) is 16.8 Å². The number of pyridine rings is 1. The Hall–Kier alpha value is -1.79. The molecule has 0 aliphatic rings. The number of halogens is 3. The first-order chi connectivity index (χ1) is 8.70. The zero-order valence-corrected chi connectivity index (χ0v) is 10.8. The number of nitrogens with zero attached hydrogens (tertiary/aromatic N) is 1. The molecule has 0 aliphatic heterocycles. The van der Waals surface area contributed by atoms with E-state index in [1.54, 1.807) is 19.9 Å². The van der Waals surface area contributed by atoms with Crippen LogP contribution in [-0.4, -0.2) is 23.6 Å². The Bertz CT molecular complexity index is 472. The molecule has 0 fully saturated rings. The Kier molecular flexibility index (Phi) is 4.74. The first-order valence-corrected chi connectivity index (χ1v) is 5.73. The smallest absolute Gasteiger partial charge is 0.389 e. The summed E-state index contributed by atoms with van der Waals surface area (Å²) in [4.78, 5) is 4.06. The van der Waals surface area contributed by atoms with Gasteiger partial charge in [0.2, 0.25) is 5.88 Å². The van der Waals surface area contributed by atoms with Crippen LogP contribution in [0.2, 0.25) is 0 Å². The molecular formula is C12H16F3N3O. The lowest BCUT2D eigenvalue weighted by Crippen LogP contribution is -2.17. The summed E-state index contributed by atoms with van der Waals surface area (Å²) in [7, 11) is 0. The van der Waals surface area contributed by atoms with Gasteiger partial charge in [0, 0.05) is 12.1 Å². The molecule has 0 bridgehead atoms. The molecule has 1 rings (SSSR count). The van der Waals surface area contributed by atoms with Crippen LogP contribution in [0.1, 0.15) is 29.7 Å². The van der Waals surface area contributed by atoms with E-state index in [-0.39, 0.29) is 24.7 Å². The molecule has 1 aromatic rings. The van der Waals surface area contributed by atoms with Gasteiger partial charge in [-0.1, -0.05) is 0 Å². The summed E-state index contributed by atoms with van der Waals surface area (Å²) in [5.41, 5.74) is 7.13. The maximum absolute atomic E-state index is 12.0. The molecule has 0 amide bonds. The highest BCUT2D eigenvalue weighted by Crippen LogP contribution is 2.23. The van der Waals surface area contributed by atoms with Crippen LogP contribution in [0.3, 0.4) is 0 Å². The largest absolute Gasteiger partial charge is 0.477 e. The van der Waals surface area contributed by atoms with E-state index < -0.39 is 12.6 Å². The van der Waals surface area contributed by atoms with Gasteiger partial charge in [0.15, 0.2) is 0 Å². The Morgan fingerprint density at radius 3 is 2.58 bits per heavy atom. The molecule has 4 nitrogen and oxygen atoms in total. The third kappa shape index (κ3) is 4.76. The molecule has 19 heavy (non-hydrogen) atoms. The molecule has 0 unspecified atom stereocenters. The Balaban J connectivity index is 2.75. The SMILES string of the molecule is Cc1cc(C)c(C(=N)N)c(OCCCC(F)(F)F)n1. The zero-order valence-electron chi connectivity index (χ0n) is 10.8. The number of hydrogen-bond acceptors (Lipinski definition) is 3. The molecule has 3 N–H and O–H groups in total. The van der Waals surface area contributed by atoms with Crippen molar-refractivity contribution in [2.45, 2.75) is 32.9 Å². The maximum Gasteiger partial charge on any atom is 0.389 e. The van der Waals surface area contributed by atoms with Crippen LogP contribution in [0.25, 0.3) is 0 Å². The van der Waals surface area contributed by atoms with Crippen molar-refractivity contribution in [1.29, 1.82) is 5.41 Å². The Morgan fingerprint density at radius 2 is 2.05 bits per heavy atom. The lowest BCUT2D eigenvalue weighted by atomic mass is 10.1. The van der Waals surface area contributed by atoms with Gasteiger partial charge in [-0.3, -0.25) is 5.41 Å². The van der Waals surface area contributed by atoms with E-state index in [1.807, 2.05) is 0 Å². The number of aromatic nitrogens is 1. The predicted molar refractivity (Wildman–Crippen MR) is 65.5 cm³/mol. The van der Waals surface area contributed by atoms with Crippen molar-refractivity contribution < 1.29 is 17.9 Å². The number of amidine groups is 1. The van der Waals surface area contributed by atoms with Crippen molar-refractivity contribution in [3.63, 3.8) is 0 Å². The van der Waals surface area contributed by atoms with Gasteiger partial charge in [0.05, 0.1) is 12.2 Å². The molecular weight excluding hydrogens is 259 g/mol. The highest BCUT2D eigenvalue weighted by atomic mass is 19.4. The third-order valence-corrected chi connectivity index (χ3v) is 2.42. The normalized spacial score (nSPS) is 11.4. The average Bonchev–Trinajstić information content (AvgIpc) is 2.21. The molecule has 0 radical (unpaired) electrons. The summed E-state index contributed by atoms with van der Waals surface area (Å²) in [5.74, 6) is -0.0944. The highest BCUT2D eigenvalue weighted by Gasteiger charge is 2.26. The van der Waals surface area contributed by atoms with Gasteiger partial charge in [-0.25, -0.2) is 4.98 Å². The maximum atomic E-state index is 12.0.